The number of esters is 1. The summed E-state index contributed by atoms with van der Waals surface area (Å²) in [5.41, 5.74) is 0.281. The number of aromatic nitrogens is 2. The van der Waals surface area contributed by atoms with Crippen LogP contribution in [0.1, 0.15) is 72.6 Å². The van der Waals surface area contributed by atoms with Gasteiger partial charge in [0.2, 0.25) is 5.13 Å². The molecule has 8 nitrogen and oxygen atoms in total. The molecule has 4 rings (SSSR count). The molecule has 1 aliphatic carbocycles. The van der Waals surface area contributed by atoms with Gasteiger partial charge in [0.15, 0.2) is 0 Å². The largest absolute Gasteiger partial charge is 0.460 e. The summed E-state index contributed by atoms with van der Waals surface area (Å²) >= 11 is 3.04. The number of nitrogens with zero attached hydrogens (tertiary/aromatic N) is 3. The molecule has 2 N–H and O–H groups in total. The highest BCUT2D eigenvalue weighted by molar-refractivity contribution is 7.15. The van der Waals surface area contributed by atoms with Crippen molar-refractivity contribution >= 4 is 39.7 Å². The summed E-state index contributed by atoms with van der Waals surface area (Å²) in [6.45, 7) is 11.5. The molecule has 3 heterocycles. The van der Waals surface area contributed by atoms with Gasteiger partial charge in [0.25, 0.3) is 5.91 Å². The zero-order valence-corrected chi connectivity index (χ0v) is 22.1. The maximum atomic E-state index is 12.5. The summed E-state index contributed by atoms with van der Waals surface area (Å²) < 4.78 is 5.41. The zero-order valence-electron chi connectivity index (χ0n) is 20.4. The molecule has 1 amide bonds. The highest BCUT2D eigenvalue weighted by Crippen LogP contribution is 2.43. The Morgan fingerprint density at radius 3 is 2.68 bits per heavy atom. The fraction of sp³-hybridized carbons (Fsp3) is 0.667. The molecule has 0 bridgehead atoms. The normalized spacial score (nSPS) is 21.4. The number of hydrogen-bond acceptors (Lipinski definition) is 9. The van der Waals surface area contributed by atoms with Crippen LogP contribution in [-0.4, -0.2) is 64.8 Å². The Balaban J connectivity index is 1.13. The molecule has 1 saturated carbocycles. The van der Waals surface area contributed by atoms with Gasteiger partial charge in [-0.05, 0) is 78.6 Å². The Bertz CT molecular complexity index is 991. The van der Waals surface area contributed by atoms with Crippen LogP contribution >= 0.6 is 22.7 Å². The molecule has 10 heteroatoms. The van der Waals surface area contributed by atoms with E-state index in [1.807, 2.05) is 39.1 Å². The predicted molar refractivity (Wildman–Crippen MR) is 136 cm³/mol. The number of hydrogen-bond donors (Lipinski definition) is 2. The number of thiophene rings is 1. The number of carbonyl (C=O) groups is 2. The molecule has 1 saturated heterocycles. The van der Waals surface area contributed by atoms with Crippen LogP contribution in [0, 0.1) is 12.8 Å². The van der Waals surface area contributed by atoms with Gasteiger partial charge in [-0.15, -0.1) is 21.5 Å². The van der Waals surface area contributed by atoms with E-state index in [1.165, 1.54) is 16.2 Å². The Kier molecular flexibility index (Phi) is 8.01. The molecule has 2 atom stereocenters. The van der Waals surface area contributed by atoms with E-state index < -0.39 is 5.60 Å². The number of ether oxygens (including phenoxy) is 1. The van der Waals surface area contributed by atoms with Crippen LogP contribution in [0.25, 0.3) is 0 Å². The Labute approximate surface area is 209 Å². The molecule has 34 heavy (non-hydrogen) atoms. The van der Waals surface area contributed by atoms with Gasteiger partial charge in [0.1, 0.15) is 10.6 Å². The maximum absolute atomic E-state index is 12.5. The monoisotopic (exact) mass is 505 g/mol. The fourth-order valence-corrected chi connectivity index (χ4v) is 5.95. The predicted octanol–water partition coefficient (Wildman–Crippen LogP) is 4.05. The van der Waals surface area contributed by atoms with E-state index in [2.05, 4.69) is 25.7 Å². The molecule has 0 aromatic carbocycles. The highest BCUT2D eigenvalue weighted by atomic mass is 32.1. The molecule has 0 spiro atoms. The molecule has 2 fully saturated rings. The molecule has 0 radical (unpaired) electrons. The first-order valence-corrected chi connectivity index (χ1v) is 13.7. The lowest BCUT2D eigenvalue weighted by Gasteiger charge is -2.32. The van der Waals surface area contributed by atoms with Crippen molar-refractivity contribution in [1.82, 2.24) is 20.4 Å². The van der Waals surface area contributed by atoms with Crippen LogP contribution in [0.4, 0.5) is 5.13 Å². The first-order chi connectivity index (χ1) is 16.2. The molecular formula is C24H35N5O3S2. The standard InChI is InChI=1S/C24H35N5O3S2/c1-15-27-28-23(34-15)26-22(31)17-11-20(33-14-17)18-12-19(18)25-13-16-5-8-29(9-6-16)10-7-21(30)32-24(2,3)4/h11,14,16,18-19,25H,5-10,12-13H2,1-4H3,(H,26,28,31)/t18-,19-/m1/s1. The van der Waals surface area contributed by atoms with Crippen molar-refractivity contribution in [3.05, 3.63) is 26.9 Å². The van der Waals surface area contributed by atoms with Gasteiger partial charge in [-0.3, -0.25) is 14.9 Å². The van der Waals surface area contributed by atoms with Gasteiger partial charge in [0.05, 0.1) is 12.0 Å². The summed E-state index contributed by atoms with van der Waals surface area (Å²) in [4.78, 5) is 28.0. The third-order valence-corrected chi connectivity index (χ3v) is 8.03. The molecule has 2 aromatic heterocycles. The van der Waals surface area contributed by atoms with Crippen LogP contribution in [0.15, 0.2) is 11.4 Å². The number of anilines is 1. The van der Waals surface area contributed by atoms with Gasteiger partial charge in [0, 0.05) is 28.8 Å². The van der Waals surface area contributed by atoms with Gasteiger partial charge >= 0.3 is 5.97 Å². The Morgan fingerprint density at radius 2 is 2.00 bits per heavy atom. The molecular weight excluding hydrogens is 470 g/mol. The second-order valence-electron chi connectivity index (χ2n) is 10.3. The third kappa shape index (κ3) is 7.31. The second-order valence-corrected chi connectivity index (χ2v) is 12.4. The van der Waals surface area contributed by atoms with Crippen LogP contribution in [-0.2, 0) is 9.53 Å². The molecule has 186 valence electrons. The third-order valence-electron chi connectivity index (χ3n) is 6.21. The molecule has 2 aromatic rings. The van der Waals surface area contributed by atoms with Crippen molar-refractivity contribution in [3.63, 3.8) is 0 Å². The lowest BCUT2D eigenvalue weighted by Crippen LogP contribution is -2.39. The average Bonchev–Trinajstić information content (AvgIpc) is 3.16. The van der Waals surface area contributed by atoms with Crippen molar-refractivity contribution < 1.29 is 14.3 Å². The first kappa shape index (κ1) is 25.2. The van der Waals surface area contributed by atoms with Crippen molar-refractivity contribution in [3.8, 4) is 0 Å². The van der Waals surface area contributed by atoms with E-state index in [1.54, 1.807) is 11.3 Å². The van der Waals surface area contributed by atoms with Crippen LogP contribution in [0.2, 0.25) is 0 Å². The first-order valence-electron chi connectivity index (χ1n) is 12.0. The lowest BCUT2D eigenvalue weighted by atomic mass is 9.96. The zero-order chi connectivity index (χ0) is 24.3. The SMILES string of the molecule is Cc1nnc(NC(=O)c2csc([C@@H]3C[C@H]3NCC3CCN(CCC(=O)OC(C)(C)C)CC3)c2)s1. The van der Waals surface area contributed by atoms with Gasteiger partial charge in [-0.1, -0.05) is 11.3 Å². The Hall–Kier alpha value is -1.88. The van der Waals surface area contributed by atoms with E-state index in [-0.39, 0.29) is 11.9 Å². The summed E-state index contributed by atoms with van der Waals surface area (Å²) in [5, 5.41) is 17.8. The number of carbonyl (C=O) groups excluding carboxylic acids is 2. The van der Waals surface area contributed by atoms with Crippen LogP contribution in [0.3, 0.4) is 0 Å². The topological polar surface area (TPSA) is 96.5 Å². The van der Waals surface area contributed by atoms with Crippen LogP contribution < -0.4 is 10.6 Å². The quantitative estimate of drug-likeness (QED) is 0.496. The molecule has 0 unspecified atom stereocenters. The highest BCUT2D eigenvalue weighted by Gasteiger charge is 2.39. The van der Waals surface area contributed by atoms with Crippen molar-refractivity contribution in [2.24, 2.45) is 5.92 Å². The van der Waals surface area contributed by atoms with Gasteiger partial charge < -0.3 is 15.0 Å². The maximum Gasteiger partial charge on any atom is 0.307 e. The van der Waals surface area contributed by atoms with E-state index in [4.69, 9.17) is 4.74 Å². The number of amides is 1. The van der Waals surface area contributed by atoms with E-state index in [0.29, 0.717) is 35.0 Å². The Morgan fingerprint density at radius 1 is 1.24 bits per heavy atom. The minimum Gasteiger partial charge on any atom is -0.460 e. The molecule has 1 aliphatic heterocycles. The average molecular weight is 506 g/mol. The number of nitrogens with one attached hydrogen (secondary N) is 2. The fourth-order valence-electron chi connectivity index (χ4n) is 4.29. The summed E-state index contributed by atoms with van der Waals surface area (Å²) in [6, 6.07) is 2.52. The van der Waals surface area contributed by atoms with Crippen molar-refractivity contribution in [2.45, 2.75) is 70.9 Å². The summed E-state index contributed by atoms with van der Waals surface area (Å²) in [7, 11) is 0. The number of likely N-dealkylation sites (tertiary alicyclic amines) is 1. The van der Waals surface area contributed by atoms with Crippen LogP contribution in [0.5, 0.6) is 0 Å². The van der Waals surface area contributed by atoms with Gasteiger partial charge in [-0.25, -0.2) is 0 Å². The van der Waals surface area contributed by atoms with E-state index >= 15 is 0 Å². The lowest BCUT2D eigenvalue weighted by molar-refractivity contribution is -0.155. The minimum absolute atomic E-state index is 0.111. The summed E-state index contributed by atoms with van der Waals surface area (Å²) in [5.74, 6) is 0.950. The number of aryl methyl sites for hydroxylation is 1. The molecule has 2 aliphatic rings. The second kappa shape index (κ2) is 10.8. The summed E-state index contributed by atoms with van der Waals surface area (Å²) in [6.07, 6.45) is 3.91. The van der Waals surface area contributed by atoms with E-state index in [9.17, 15) is 9.59 Å². The smallest absolute Gasteiger partial charge is 0.307 e. The number of piperidine rings is 1. The van der Waals surface area contributed by atoms with Crippen molar-refractivity contribution in [2.75, 3.05) is 31.5 Å². The van der Waals surface area contributed by atoms with E-state index in [0.717, 1.165) is 50.4 Å². The minimum atomic E-state index is -0.411. The van der Waals surface area contributed by atoms with Gasteiger partial charge in [-0.2, -0.15) is 0 Å². The van der Waals surface area contributed by atoms with Crippen molar-refractivity contribution in [1.29, 1.82) is 0 Å². The number of rotatable bonds is 9.